The Morgan fingerprint density at radius 2 is 1.15 bits per heavy atom. The van der Waals surface area contributed by atoms with Gasteiger partial charge in [-0.3, -0.25) is 6.08 Å². The molecule has 0 saturated heterocycles. The number of hydrogen-bond donors (Lipinski definition) is 0. The molecular formula is C43H40Cl2Zr-2. The van der Waals surface area contributed by atoms with Crippen LogP contribution in [0.4, 0.5) is 0 Å². The van der Waals surface area contributed by atoms with Crippen LogP contribution in [0.2, 0.25) is 0 Å². The van der Waals surface area contributed by atoms with Gasteiger partial charge >= 0.3 is 112 Å². The van der Waals surface area contributed by atoms with Crippen molar-refractivity contribution < 1.29 is 49.0 Å². The summed E-state index contributed by atoms with van der Waals surface area (Å²) in [4.78, 5) is 0. The molecule has 0 nitrogen and oxygen atoms in total. The maximum absolute atomic E-state index is 2.99. The van der Waals surface area contributed by atoms with Gasteiger partial charge in [0, 0.05) is 10.8 Å². The first kappa shape index (κ1) is 35.9. The summed E-state index contributed by atoms with van der Waals surface area (Å²) in [6, 6.07) is 33.3. The molecule has 0 radical (unpaired) electrons. The molecule has 0 fully saturated rings. The molecule has 3 heteroatoms. The Balaban J connectivity index is 0.000000183. The minimum atomic E-state index is 0. The van der Waals surface area contributed by atoms with Crippen molar-refractivity contribution in [2.24, 2.45) is 0 Å². The van der Waals surface area contributed by atoms with E-state index in [1.165, 1.54) is 54.9 Å². The van der Waals surface area contributed by atoms with E-state index in [1.807, 2.05) is 12.2 Å². The summed E-state index contributed by atoms with van der Waals surface area (Å²) in [7, 11) is 0. The Bertz CT molecular complexity index is 1800. The fourth-order valence-corrected chi connectivity index (χ4v) is 7.40. The summed E-state index contributed by atoms with van der Waals surface area (Å²) >= 11 is 1.55. The topological polar surface area (TPSA) is 0 Å². The first-order valence-corrected chi connectivity index (χ1v) is 16.9. The second-order valence-corrected chi connectivity index (χ2v) is 15.0. The molecule has 0 bridgehead atoms. The van der Waals surface area contributed by atoms with E-state index in [1.54, 1.807) is 27.4 Å². The van der Waals surface area contributed by atoms with Crippen LogP contribution in [-0.2, 0) is 47.9 Å². The number of rotatable bonds is 4. The Kier molecular flexibility index (Phi) is 11.9. The fourth-order valence-electron chi connectivity index (χ4n) is 6.39. The Labute approximate surface area is 302 Å². The summed E-state index contributed by atoms with van der Waals surface area (Å²) < 4.78 is 1.60. The molecule has 0 saturated carbocycles. The Morgan fingerprint density at radius 3 is 1.52 bits per heavy atom. The van der Waals surface area contributed by atoms with E-state index in [-0.39, 0.29) is 35.6 Å². The third-order valence-electron chi connectivity index (χ3n) is 8.90. The van der Waals surface area contributed by atoms with Crippen molar-refractivity contribution in [2.75, 3.05) is 0 Å². The van der Waals surface area contributed by atoms with Crippen LogP contribution in [0.25, 0.3) is 33.7 Å². The first-order valence-electron chi connectivity index (χ1n) is 15.7. The van der Waals surface area contributed by atoms with Gasteiger partial charge in [0.15, 0.2) is 0 Å². The molecule has 3 aliphatic carbocycles. The normalized spacial score (nSPS) is 15.3. The number of benzene rings is 4. The second-order valence-electron chi connectivity index (χ2n) is 13.2. The average molecular weight is 719 g/mol. The van der Waals surface area contributed by atoms with Gasteiger partial charge in [-0.05, 0) is 11.1 Å². The summed E-state index contributed by atoms with van der Waals surface area (Å²) in [5.74, 6) is 0. The van der Waals surface area contributed by atoms with Crippen LogP contribution < -0.4 is 24.8 Å². The molecule has 0 unspecified atom stereocenters. The third-order valence-corrected chi connectivity index (χ3v) is 9.77. The molecule has 5 aromatic rings. The number of halogens is 2. The van der Waals surface area contributed by atoms with Gasteiger partial charge in [-0.2, -0.15) is 6.08 Å². The van der Waals surface area contributed by atoms with Crippen LogP contribution in [0.15, 0.2) is 121 Å². The van der Waals surface area contributed by atoms with Gasteiger partial charge in [0.05, 0.1) is 0 Å². The number of allylic oxidation sites excluding steroid dienone is 6. The van der Waals surface area contributed by atoms with Crippen molar-refractivity contribution in [2.45, 2.75) is 57.8 Å². The quantitative estimate of drug-likeness (QED) is 0.234. The van der Waals surface area contributed by atoms with Gasteiger partial charge in [0.25, 0.3) is 0 Å². The maximum atomic E-state index is 2.99. The molecule has 0 amide bonds. The second kappa shape index (κ2) is 15.3. The van der Waals surface area contributed by atoms with E-state index in [0.29, 0.717) is 0 Å². The van der Waals surface area contributed by atoms with Crippen molar-refractivity contribution in [3.8, 4) is 0 Å². The summed E-state index contributed by atoms with van der Waals surface area (Å²) in [6.45, 7) is 9.19. The van der Waals surface area contributed by atoms with Gasteiger partial charge in [-0.25, -0.2) is 12.2 Å². The standard InChI is InChI=1S/C23H21.C15H14.C5H5.2ClH.Zr/c1-22(2)7-5-14-10-18-16(12-20(14)22)9-17-13-21-15(11-19(17)18)6-8-23(21,3)4;1-3-8-14(9-4-1)12-7-13-15-10-5-2-6-11-15;1-2-4-5-3-1;;;/h5-13H,1-4H3;1-6,8-11H,12-13H2;1-3H,4H2;2*1H;/q-1;;-1;;;+2/p-2. The molecule has 8 rings (SSSR count). The molecule has 0 spiro atoms. The first-order chi connectivity index (χ1) is 21.2. The number of fused-ring (bicyclic) bond motifs is 5. The van der Waals surface area contributed by atoms with Crippen LogP contribution in [0.1, 0.15) is 67.5 Å². The van der Waals surface area contributed by atoms with Crippen LogP contribution in [-0.4, -0.2) is 3.21 Å². The van der Waals surface area contributed by atoms with Crippen LogP contribution in [0, 0.1) is 6.08 Å². The van der Waals surface area contributed by atoms with Gasteiger partial charge in [-0.1, -0.05) is 75.3 Å². The van der Waals surface area contributed by atoms with E-state index in [4.69, 9.17) is 0 Å². The molecule has 0 aliphatic heterocycles. The summed E-state index contributed by atoms with van der Waals surface area (Å²) in [6.07, 6.45) is 21.4. The SMILES string of the molecule is CC1(C)C=Cc2cc3c(cc21)[cH-]c1cc2c(cc13)C=CC2(C)C.[C-]1=CC=CC1.[Cl-].[Cl-].[Zr+2]=[C](Cc1ccccc1)Cc1ccccc1. The van der Waals surface area contributed by atoms with E-state index >= 15 is 0 Å². The monoisotopic (exact) mass is 716 g/mol. The van der Waals surface area contributed by atoms with Crippen LogP contribution in [0.5, 0.6) is 0 Å². The van der Waals surface area contributed by atoms with Gasteiger partial charge < -0.3 is 24.8 Å². The van der Waals surface area contributed by atoms with E-state index in [0.717, 1.165) is 19.3 Å². The van der Waals surface area contributed by atoms with Gasteiger partial charge in [0.2, 0.25) is 0 Å². The minimum absolute atomic E-state index is 0. The zero-order valence-electron chi connectivity index (χ0n) is 27.1. The molecule has 5 aromatic carbocycles. The predicted molar refractivity (Wildman–Crippen MR) is 188 cm³/mol. The third kappa shape index (κ3) is 8.12. The van der Waals surface area contributed by atoms with E-state index in [2.05, 4.69) is 155 Å². The van der Waals surface area contributed by atoms with E-state index < -0.39 is 0 Å². The Morgan fingerprint density at radius 1 is 0.696 bits per heavy atom. The van der Waals surface area contributed by atoms with Crippen molar-refractivity contribution in [3.05, 3.63) is 161 Å². The average Bonchev–Trinajstić information content (AvgIpc) is 3.81. The number of hydrogen-bond acceptors (Lipinski definition) is 0. The van der Waals surface area contributed by atoms with Gasteiger partial charge in [-0.15, -0.1) is 46.2 Å². The zero-order valence-corrected chi connectivity index (χ0v) is 31.0. The van der Waals surface area contributed by atoms with Crippen LogP contribution in [0.3, 0.4) is 0 Å². The van der Waals surface area contributed by atoms with Crippen molar-refractivity contribution >= 4 is 36.9 Å². The zero-order chi connectivity index (χ0) is 30.7. The van der Waals surface area contributed by atoms with Crippen molar-refractivity contribution in [3.63, 3.8) is 0 Å². The fraction of sp³-hybridized carbons (Fsp3) is 0.209. The van der Waals surface area contributed by atoms with Crippen molar-refractivity contribution in [1.29, 1.82) is 0 Å². The van der Waals surface area contributed by atoms with E-state index in [9.17, 15) is 0 Å². The van der Waals surface area contributed by atoms with Crippen molar-refractivity contribution in [1.82, 2.24) is 0 Å². The molecule has 232 valence electrons. The molecule has 3 aliphatic rings. The summed E-state index contributed by atoms with van der Waals surface area (Å²) in [5.41, 5.74) is 8.81. The van der Waals surface area contributed by atoms with Crippen LogP contribution >= 0.6 is 0 Å². The molecule has 0 aromatic heterocycles. The summed E-state index contributed by atoms with van der Waals surface area (Å²) in [5, 5.41) is 5.53. The molecular weight excluding hydrogens is 679 g/mol. The molecule has 0 N–H and O–H groups in total. The molecule has 46 heavy (non-hydrogen) atoms. The molecule has 0 atom stereocenters. The molecule has 0 heterocycles. The van der Waals surface area contributed by atoms with Gasteiger partial charge in [0.1, 0.15) is 0 Å². The predicted octanol–water partition coefficient (Wildman–Crippen LogP) is 4.83. The Hall–Kier alpha value is -2.96.